The van der Waals surface area contributed by atoms with Crippen LogP contribution in [-0.2, 0) is 26.8 Å². The Bertz CT molecular complexity index is 449. The Kier molecular flexibility index (Phi) is 4.75. The summed E-state index contributed by atoms with van der Waals surface area (Å²) in [6.07, 6.45) is 1.00. The Morgan fingerprint density at radius 2 is 2.07 bits per heavy atom. The van der Waals surface area contributed by atoms with Gasteiger partial charge in [0.15, 0.2) is 0 Å². The van der Waals surface area contributed by atoms with Crippen molar-refractivity contribution in [3.8, 4) is 0 Å². The van der Waals surface area contributed by atoms with Gasteiger partial charge in [-0.3, -0.25) is 9.17 Å². The monoisotopic (exact) mass is 361 g/mol. The predicted molar refractivity (Wildman–Crippen MR) is 66.1 cm³/mol. The smallest absolute Gasteiger partial charge is 0.264 e. The molecule has 1 heterocycles. The highest BCUT2D eigenvalue weighted by Crippen LogP contribution is 2.12. The van der Waals surface area contributed by atoms with Gasteiger partial charge in [0.25, 0.3) is 10.1 Å². The van der Waals surface area contributed by atoms with Crippen molar-refractivity contribution in [2.45, 2.75) is 12.5 Å². The second kappa shape index (κ2) is 5.42. The van der Waals surface area contributed by atoms with Gasteiger partial charge in [0.2, 0.25) is 0 Å². The minimum absolute atomic E-state index is 0.0560. The lowest BCUT2D eigenvalue weighted by Gasteiger charge is -2.03. The molecule has 0 radical (unpaired) electrons. The van der Waals surface area contributed by atoms with Gasteiger partial charge in [-0.05, 0) is 34.7 Å². The second-order valence-corrected chi connectivity index (χ2v) is 6.02. The van der Waals surface area contributed by atoms with Crippen molar-refractivity contribution in [1.82, 2.24) is 4.98 Å². The molecular formula is C8H9ClINO3S. The average Bonchev–Trinajstić information content (AvgIpc) is 2.13. The first-order chi connectivity index (χ1) is 6.90. The standard InChI is InChI=1S/C8H9ClINO3S/c1-15(12,13)14-5-8-3-6(10)2-7(4-9)11-8/h2-3H,4-5H2,1H3. The number of halogens is 2. The molecule has 0 bridgehead atoms. The predicted octanol–water partition coefficient (Wildman–Crippen LogP) is 1.90. The highest BCUT2D eigenvalue weighted by atomic mass is 127. The number of pyridine rings is 1. The van der Waals surface area contributed by atoms with Gasteiger partial charge in [0.1, 0.15) is 6.61 Å². The van der Waals surface area contributed by atoms with E-state index in [9.17, 15) is 8.42 Å². The molecule has 84 valence electrons. The number of hydrogen-bond donors (Lipinski definition) is 0. The lowest BCUT2D eigenvalue weighted by Crippen LogP contribution is -2.05. The Balaban J connectivity index is 2.81. The van der Waals surface area contributed by atoms with Crippen molar-refractivity contribution < 1.29 is 12.6 Å². The molecular weight excluding hydrogens is 353 g/mol. The molecule has 0 fully saturated rings. The van der Waals surface area contributed by atoms with Gasteiger partial charge in [-0.2, -0.15) is 8.42 Å². The van der Waals surface area contributed by atoms with E-state index < -0.39 is 10.1 Å². The molecule has 1 aromatic rings. The van der Waals surface area contributed by atoms with Crippen LogP contribution >= 0.6 is 34.2 Å². The van der Waals surface area contributed by atoms with E-state index in [-0.39, 0.29) is 6.61 Å². The molecule has 0 unspecified atom stereocenters. The van der Waals surface area contributed by atoms with Crippen LogP contribution < -0.4 is 0 Å². The van der Waals surface area contributed by atoms with E-state index >= 15 is 0 Å². The first kappa shape index (κ1) is 13.1. The Morgan fingerprint density at radius 3 is 2.60 bits per heavy atom. The zero-order valence-electron chi connectivity index (χ0n) is 7.91. The molecule has 0 saturated carbocycles. The average molecular weight is 362 g/mol. The maximum absolute atomic E-state index is 10.8. The van der Waals surface area contributed by atoms with Crippen molar-refractivity contribution in [2.75, 3.05) is 6.26 Å². The van der Waals surface area contributed by atoms with E-state index in [1.807, 2.05) is 6.07 Å². The summed E-state index contributed by atoms with van der Waals surface area (Å²) in [5, 5.41) is 0. The van der Waals surface area contributed by atoms with Crippen LogP contribution in [0.5, 0.6) is 0 Å². The topological polar surface area (TPSA) is 56.3 Å². The summed E-state index contributed by atoms with van der Waals surface area (Å²) in [7, 11) is -3.43. The first-order valence-electron chi connectivity index (χ1n) is 3.96. The van der Waals surface area contributed by atoms with Crippen LogP contribution in [0.25, 0.3) is 0 Å². The molecule has 0 aliphatic heterocycles. The van der Waals surface area contributed by atoms with Crippen LogP contribution in [0.15, 0.2) is 12.1 Å². The molecule has 0 aliphatic carbocycles. The third kappa shape index (κ3) is 5.10. The van der Waals surface area contributed by atoms with E-state index in [0.717, 1.165) is 9.83 Å². The van der Waals surface area contributed by atoms with Crippen molar-refractivity contribution in [2.24, 2.45) is 0 Å². The fourth-order valence-corrected chi connectivity index (χ4v) is 2.11. The lowest BCUT2D eigenvalue weighted by atomic mass is 10.3. The SMILES string of the molecule is CS(=O)(=O)OCc1cc(I)cc(CCl)n1. The molecule has 7 heteroatoms. The van der Waals surface area contributed by atoms with Gasteiger partial charge < -0.3 is 0 Å². The van der Waals surface area contributed by atoms with E-state index in [4.69, 9.17) is 11.6 Å². The van der Waals surface area contributed by atoms with Crippen molar-refractivity contribution in [3.05, 3.63) is 27.1 Å². The number of rotatable bonds is 4. The third-order valence-electron chi connectivity index (χ3n) is 1.45. The lowest BCUT2D eigenvalue weighted by molar-refractivity contribution is 0.307. The summed E-state index contributed by atoms with van der Waals surface area (Å²) in [4.78, 5) is 4.13. The number of nitrogens with zero attached hydrogens (tertiary/aromatic N) is 1. The normalized spacial score (nSPS) is 11.7. The molecule has 0 aliphatic rings. The van der Waals surface area contributed by atoms with Crippen molar-refractivity contribution in [1.29, 1.82) is 0 Å². The van der Waals surface area contributed by atoms with Crippen molar-refractivity contribution in [3.63, 3.8) is 0 Å². The number of aromatic nitrogens is 1. The highest BCUT2D eigenvalue weighted by molar-refractivity contribution is 14.1. The first-order valence-corrected chi connectivity index (χ1v) is 7.39. The van der Waals surface area contributed by atoms with E-state index in [0.29, 0.717) is 17.3 Å². The summed E-state index contributed by atoms with van der Waals surface area (Å²) in [5.41, 5.74) is 1.26. The Morgan fingerprint density at radius 1 is 1.47 bits per heavy atom. The summed E-state index contributed by atoms with van der Waals surface area (Å²) in [5.74, 6) is 0.294. The van der Waals surface area contributed by atoms with Gasteiger partial charge >= 0.3 is 0 Å². The minimum atomic E-state index is -3.43. The van der Waals surface area contributed by atoms with Crippen LogP contribution in [0.1, 0.15) is 11.4 Å². The molecule has 0 spiro atoms. The third-order valence-corrected chi connectivity index (χ3v) is 2.90. The molecule has 4 nitrogen and oxygen atoms in total. The number of hydrogen-bond acceptors (Lipinski definition) is 4. The zero-order chi connectivity index (χ0) is 11.5. The van der Waals surface area contributed by atoms with Gasteiger partial charge in [-0.15, -0.1) is 11.6 Å². The van der Waals surface area contributed by atoms with Crippen LogP contribution in [0, 0.1) is 3.57 Å². The number of alkyl halides is 1. The van der Waals surface area contributed by atoms with Gasteiger partial charge in [-0.25, -0.2) is 0 Å². The summed E-state index contributed by atoms with van der Waals surface area (Å²) < 4.78 is 27.1. The Hall–Kier alpha value is 0.0800. The molecule has 1 rings (SSSR count). The maximum atomic E-state index is 10.8. The summed E-state index contributed by atoms with van der Waals surface area (Å²) in [6.45, 7) is -0.0560. The van der Waals surface area contributed by atoms with Crippen molar-refractivity contribution >= 4 is 44.3 Å². The molecule has 0 amide bonds. The largest absolute Gasteiger partial charge is 0.264 e. The Labute approximate surface area is 107 Å². The van der Waals surface area contributed by atoms with Crippen LogP contribution in [0.3, 0.4) is 0 Å². The van der Waals surface area contributed by atoms with Gasteiger partial charge in [0.05, 0.1) is 23.5 Å². The van der Waals surface area contributed by atoms with Crippen LogP contribution in [-0.4, -0.2) is 19.7 Å². The molecule has 15 heavy (non-hydrogen) atoms. The molecule has 0 N–H and O–H groups in total. The molecule has 0 atom stereocenters. The van der Waals surface area contributed by atoms with Crippen LogP contribution in [0.4, 0.5) is 0 Å². The van der Waals surface area contributed by atoms with E-state index in [1.54, 1.807) is 6.07 Å². The van der Waals surface area contributed by atoms with Gasteiger partial charge in [-0.1, -0.05) is 0 Å². The summed E-state index contributed by atoms with van der Waals surface area (Å²) >= 11 is 7.75. The van der Waals surface area contributed by atoms with E-state index in [2.05, 4.69) is 31.8 Å². The second-order valence-electron chi connectivity index (χ2n) is 2.87. The molecule has 0 aromatic carbocycles. The summed E-state index contributed by atoms with van der Waals surface area (Å²) in [6, 6.07) is 3.58. The van der Waals surface area contributed by atoms with Gasteiger partial charge in [0, 0.05) is 3.57 Å². The molecule has 1 aromatic heterocycles. The highest BCUT2D eigenvalue weighted by Gasteiger charge is 2.05. The van der Waals surface area contributed by atoms with Crippen LogP contribution in [0.2, 0.25) is 0 Å². The maximum Gasteiger partial charge on any atom is 0.264 e. The minimum Gasteiger partial charge on any atom is -0.264 e. The molecule has 0 saturated heterocycles. The quantitative estimate of drug-likeness (QED) is 0.467. The zero-order valence-corrected chi connectivity index (χ0v) is 11.6. The fourth-order valence-electron chi connectivity index (χ4n) is 0.919. The van der Waals surface area contributed by atoms with E-state index in [1.165, 1.54) is 0 Å². The fraction of sp³-hybridized carbons (Fsp3) is 0.375.